The molecule has 1 atom stereocenters. The smallest absolute Gasteiger partial charge is 0.327 e. The molecule has 0 aliphatic heterocycles. The van der Waals surface area contributed by atoms with E-state index in [0.717, 1.165) is 0 Å². The number of carboxylic acid groups (broad SMARTS) is 1. The summed E-state index contributed by atoms with van der Waals surface area (Å²) in [6.45, 7) is 7.34. The average Bonchev–Trinajstić information content (AvgIpc) is 2.19. The molecule has 0 rings (SSSR count). The lowest BCUT2D eigenvalue weighted by atomic mass is 10.1. The van der Waals surface area contributed by atoms with Crippen molar-refractivity contribution in [3.63, 3.8) is 0 Å². The first-order chi connectivity index (χ1) is 8.61. The van der Waals surface area contributed by atoms with E-state index in [0.29, 0.717) is 6.54 Å². The van der Waals surface area contributed by atoms with Crippen LogP contribution in [0.2, 0.25) is 0 Å². The lowest BCUT2D eigenvalue weighted by molar-refractivity contribution is -0.141. The number of carboxylic acids is 1. The Morgan fingerprint density at radius 3 is 2.21 bits per heavy atom. The van der Waals surface area contributed by atoms with E-state index in [1.165, 1.54) is 6.92 Å². The zero-order valence-electron chi connectivity index (χ0n) is 11.9. The minimum Gasteiger partial charge on any atom is -0.480 e. The SMILES string of the molecule is CC(=O)NC(CNCCC(=O)NC(C)(C)C)C(=O)O. The molecule has 0 aromatic heterocycles. The number of carbonyl (C=O) groups excluding carboxylic acids is 2. The van der Waals surface area contributed by atoms with Crippen LogP contribution in [0.1, 0.15) is 34.1 Å². The van der Waals surface area contributed by atoms with Gasteiger partial charge in [0.25, 0.3) is 0 Å². The molecule has 0 heterocycles. The summed E-state index contributed by atoms with van der Waals surface area (Å²) < 4.78 is 0. The average molecular weight is 273 g/mol. The predicted molar refractivity (Wildman–Crippen MR) is 70.6 cm³/mol. The predicted octanol–water partition coefficient (Wildman–Crippen LogP) is -0.530. The van der Waals surface area contributed by atoms with Crippen LogP contribution in [0, 0.1) is 0 Å². The molecule has 7 heteroatoms. The van der Waals surface area contributed by atoms with Gasteiger partial charge in [-0.2, -0.15) is 0 Å². The Bertz CT molecular complexity index is 336. The summed E-state index contributed by atoms with van der Waals surface area (Å²) in [6, 6.07) is -0.983. The second-order valence-corrected chi connectivity index (χ2v) is 5.34. The molecule has 4 N–H and O–H groups in total. The largest absolute Gasteiger partial charge is 0.480 e. The van der Waals surface area contributed by atoms with Crippen molar-refractivity contribution < 1.29 is 19.5 Å². The van der Waals surface area contributed by atoms with Crippen molar-refractivity contribution >= 4 is 17.8 Å². The lowest BCUT2D eigenvalue weighted by Gasteiger charge is -2.20. The minimum atomic E-state index is -1.11. The Morgan fingerprint density at radius 1 is 1.21 bits per heavy atom. The normalized spacial score (nSPS) is 12.6. The Hall–Kier alpha value is -1.63. The monoisotopic (exact) mass is 273 g/mol. The van der Waals surface area contributed by atoms with Crippen LogP contribution in [0.4, 0.5) is 0 Å². The van der Waals surface area contributed by atoms with Crippen molar-refractivity contribution in [2.24, 2.45) is 0 Å². The first-order valence-electron chi connectivity index (χ1n) is 6.13. The van der Waals surface area contributed by atoms with Crippen LogP contribution in [0.15, 0.2) is 0 Å². The van der Waals surface area contributed by atoms with E-state index >= 15 is 0 Å². The molecule has 7 nitrogen and oxygen atoms in total. The molecule has 0 radical (unpaired) electrons. The maximum Gasteiger partial charge on any atom is 0.327 e. The second-order valence-electron chi connectivity index (χ2n) is 5.34. The van der Waals surface area contributed by atoms with Crippen molar-refractivity contribution in [2.45, 2.75) is 45.7 Å². The van der Waals surface area contributed by atoms with Crippen LogP contribution in [0.25, 0.3) is 0 Å². The van der Waals surface area contributed by atoms with Gasteiger partial charge in [0.1, 0.15) is 6.04 Å². The number of hydrogen-bond acceptors (Lipinski definition) is 4. The Kier molecular flexibility index (Phi) is 7.06. The summed E-state index contributed by atoms with van der Waals surface area (Å²) in [7, 11) is 0. The van der Waals surface area contributed by atoms with E-state index in [-0.39, 0.29) is 24.4 Å². The van der Waals surface area contributed by atoms with Crippen LogP contribution in [0.5, 0.6) is 0 Å². The van der Waals surface area contributed by atoms with Crippen molar-refractivity contribution in [3.05, 3.63) is 0 Å². The highest BCUT2D eigenvalue weighted by molar-refractivity contribution is 5.82. The molecule has 0 bridgehead atoms. The molecule has 0 aliphatic carbocycles. The number of nitrogens with one attached hydrogen (secondary N) is 3. The van der Waals surface area contributed by atoms with Gasteiger partial charge in [-0.1, -0.05) is 0 Å². The van der Waals surface area contributed by atoms with E-state index in [1.807, 2.05) is 20.8 Å². The summed E-state index contributed by atoms with van der Waals surface area (Å²) in [5, 5.41) is 16.8. The van der Waals surface area contributed by atoms with Gasteiger partial charge in [-0.15, -0.1) is 0 Å². The number of carbonyl (C=O) groups is 3. The highest BCUT2D eigenvalue weighted by Crippen LogP contribution is 1.98. The number of rotatable bonds is 7. The van der Waals surface area contributed by atoms with Crippen LogP contribution in [0.3, 0.4) is 0 Å². The highest BCUT2D eigenvalue weighted by atomic mass is 16.4. The fourth-order valence-electron chi connectivity index (χ4n) is 1.37. The zero-order chi connectivity index (χ0) is 15.1. The van der Waals surface area contributed by atoms with Gasteiger partial charge in [-0.3, -0.25) is 9.59 Å². The first-order valence-corrected chi connectivity index (χ1v) is 6.13. The Labute approximate surface area is 113 Å². The van der Waals surface area contributed by atoms with E-state index in [1.54, 1.807) is 0 Å². The molecule has 2 amide bonds. The van der Waals surface area contributed by atoms with E-state index in [9.17, 15) is 14.4 Å². The summed E-state index contributed by atoms with van der Waals surface area (Å²) in [4.78, 5) is 33.1. The van der Waals surface area contributed by atoms with Crippen LogP contribution < -0.4 is 16.0 Å². The minimum absolute atomic E-state index is 0.0811. The molecule has 0 aliphatic rings. The fraction of sp³-hybridized carbons (Fsp3) is 0.750. The zero-order valence-corrected chi connectivity index (χ0v) is 11.9. The molecular weight excluding hydrogens is 250 g/mol. The van der Waals surface area contributed by atoms with Gasteiger partial charge < -0.3 is 21.1 Å². The summed E-state index contributed by atoms with van der Waals surface area (Å²) in [6.07, 6.45) is 0.254. The Balaban J connectivity index is 3.92. The summed E-state index contributed by atoms with van der Waals surface area (Å²) in [5.41, 5.74) is -0.281. The van der Waals surface area contributed by atoms with Crippen molar-refractivity contribution in [1.29, 1.82) is 0 Å². The van der Waals surface area contributed by atoms with Gasteiger partial charge in [0.15, 0.2) is 0 Å². The van der Waals surface area contributed by atoms with E-state index in [2.05, 4.69) is 16.0 Å². The standard InChI is InChI=1S/C12H23N3O4/c1-8(16)14-9(11(18)19)7-13-6-5-10(17)15-12(2,3)4/h9,13H,5-7H2,1-4H3,(H,14,16)(H,15,17)(H,18,19). The van der Waals surface area contributed by atoms with Crippen molar-refractivity contribution in [2.75, 3.05) is 13.1 Å². The van der Waals surface area contributed by atoms with Crippen LogP contribution in [-0.2, 0) is 14.4 Å². The molecule has 0 saturated carbocycles. The van der Waals surface area contributed by atoms with Gasteiger partial charge in [-0.05, 0) is 20.8 Å². The molecule has 0 spiro atoms. The molecule has 19 heavy (non-hydrogen) atoms. The van der Waals surface area contributed by atoms with Crippen molar-refractivity contribution in [3.8, 4) is 0 Å². The van der Waals surface area contributed by atoms with Gasteiger partial charge in [-0.25, -0.2) is 4.79 Å². The lowest BCUT2D eigenvalue weighted by Crippen LogP contribution is -2.47. The molecule has 0 saturated heterocycles. The van der Waals surface area contributed by atoms with Gasteiger partial charge in [0.05, 0.1) is 0 Å². The molecule has 0 aromatic carbocycles. The van der Waals surface area contributed by atoms with Gasteiger partial charge in [0.2, 0.25) is 11.8 Å². The highest BCUT2D eigenvalue weighted by Gasteiger charge is 2.18. The van der Waals surface area contributed by atoms with E-state index in [4.69, 9.17) is 5.11 Å². The Morgan fingerprint density at radius 2 is 1.79 bits per heavy atom. The number of aliphatic carboxylic acids is 1. The molecule has 1 unspecified atom stereocenters. The van der Waals surface area contributed by atoms with Crippen molar-refractivity contribution in [1.82, 2.24) is 16.0 Å². The first kappa shape index (κ1) is 17.4. The maximum absolute atomic E-state index is 11.5. The third-order valence-electron chi connectivity index (χ3n) is 2.07. The molecule has 0 fully saturated rings. The maximum atomic E-state index is 11.5. The quantitative estimate of drug-likeness (QED) is 0.466. The number of hydrogen-bond donors (Lipinski definition) is 4. The van der Waals surface area contributed by atoms with E-state index < -0.39 is 17.9 Å². The molecular formula is C12H23N3O4. The topological polar surface area (TPSA) is 108 Å². The van der Waals surface area contributed by atoms with Gasteiger partial charge >= 0.3 is 5.97 Å². The van der Waals surface area contributed by atoms with Gasteiger partial charge in [0, 0.05) is 32.0 Å². The van der Waals surface area contributed by atoms with Crippen LogP contribution >= 0.6 is 0 Å². The molecule has 0 aromatic rings. The second kappa shape index (κ2) is 7.73. The van der Waals surface area contributed by atoms with Crippen LogP contribution in [-0.4, -0.2) is 47.6 Å². The fourth-order valence-corrected chi connectivity index (χ4v) is 1.37. The number of amides is 2. The summed E-state index contributed by atoms with van der Waals surface area (Å²) >= 11 is 0. The third-order valence-corrected chi connectivity index (χ3v) is 2.07. The third kappa shape index (κ3) is 10.0. The molecule has 110 valence electrons. The summed E-state index contributed by atoms with van der Waals surface area (Å²) in [5.74, 6) is -1.62.